The largest absolute Gasteiger partial charge is 0.482 e. The van der Waals surface area contributed by atoms with Crippen molar-refractivity contribution in [2.24, 2.45) is 5.92 Å². The van der Waals surface area contributed by atoms with Crippen LogP contribution in [-0.4, -0.2) is 39.0 Å². The number of nitrogens with one attached hydrogen (secondary N) is 1. The van der Waals surface area contributed by atoms with Crippen LogP contribution in [0.3, 0.4) is 0 Å². The summed E-state index contributed by atoms with van der Waals surface area (Å²) in [4.78, 5) is 11.7. The van der Waals surface area contributed by atoms with Crippen molar-refractivity contribution in [2.45, 2.75) is 6.42 Å². The molecule has 112 valence electrons. The third kappa shape index (κ3) is 4.46. The summed E-state index contributed by atoms with van der Waals surface area (Å²) < 4.78 is 27.9. The molecule has 0 radical (unpaired) electrons. The van der Waals surface area contributed by atoms with Gasteiger partial charge in [0, 0.05) is 6.54 Å². The van der Waals surface area contributed by atoms with Gasteiger partial charge in [0.15, 0.2) is 16.4 Å². The van der Waals surface area contributed by atoms with Gasteiger partial charge in [-0.3, -0.25) is 4.79 Å². The maximum Gasteiger partial charge on any atom is 0.257 e. The molecule has 1 aliphatic rings. The first-order valence-corrected chi connectivity index (χ1v) is 8.41. The lowest BCUT2D eigenvalue weighted by Crippen LogP contribution is -2.33. The third-order valence-electron chi connectivity index (χ3n) is 3.28. The highest BCUT2D eigenvalue weighted by molar-refractivity contribution is 7.91. The minimum absolute atomic E-state index is 0.0228. The fourth-order valence-corrected chi connectivity index (χ4v) is 4.03. The number of para-hydroxylation sites is 1. The Bertz CT molecular complexity index is 664. The van der Waals surface area contributed by atoms with Crippen molar-refractivity contribution in [1.29, 1.82) is 5.26 Å². The van der Waals surface area contributed by atoms with Gasteiger partial charge in [0.05, 0.1) is 17.1 Å². The van der Waals surface area contributed by atoms with Gasteiger partial charge in [-0.1, -0.05) is 12.1 Å². The minimum atomic E-state index is -2.93. The van der Waals surface area contributed by atoms with Crippen LogP contribution in [-0.2, 0) is 14.6 Å². The Labute approximate surface area is 123 Å². The summed E-state index contributed by atoms with van der Waals surface area (Å²) in [5.41, 5.74) is 0.368. The van der Waals surface area contributed by atoms with Crippen LogP contribution in [0.4, 0.5) is 0 Å². The van der Waals surface area contributed by atoms with Gasteiger partial charge in [0.2, 0.25) is 0 Å². The van der Waals surface area contributed by atoms with Crippen molar-refractivity contribution in [3.05, 3.63) is 29.8 Å². The molecule has 1 aromatic rings. The van der Waals surface area contributed by atoms with E-state index in [1.165, 1.54) is 0 Å². The molecule has 1 aromatic carbocycles. The molecule has 1 saturated heterocycles. The Morgan fingerprint density at radius 1 is 1.43 bits per heavy atom. The topological polar surface area (TPSA) is 96.3 Å². The van der Waals surface area contributed by atoms with Crippen molar-refractivity contribution >= 4 is 15.7 Å². The highest BCUT2D eigenvalue weighted by atomic mass is 32.2. The van der Waals surface area contributed by atoms with Crippen LogP contribution in [0.5, 0.6) is 5.75 Å². The molecular formula is C14H16N2O4S. The van der Waals surface area contributed by atoms with Crippen LogP contribution < -0.4 is 10.1 Å². The van der Waals surface area contributed by atoms with Gasteiger partial charge in [-0.2, -0.15) is 5.26 Å². The molecule has 2 rings (SSSR count). The summed E-state index contributed by atoms with van der Waals surface area (Å²) in [6, 6.07) is 8.64. The lowest BCUT2D eigenvalue weighted by Gasteiger charge is -2.11. The molecule has 0 aliphatic carbocycles. The Morgan fingerprint density at radius 3 is 2.86 bits per heavy atom. The predicted octanol–water partition coefficient (Wildman–Crippen LogP) is 0.488. The van der Waals surface area contributed by atoms with E-state index in [0.717, 1.165) is 0 Å². The molecule has 1 unspecified atom stereocenters. The molecule has 1 heterocycles. The quantitative estimate of drug-likeness (QED) is 0.854. The molecular weight excluding hydrogens is 292 g/mol. The first-order chi connectivity index (χ1) is 10.00. The summed E-state index contributed by atoms with van der Waals surface area (Å²) in [5, 5.41) is 11.6. The molecule has 7 heteroatoms. The second kappa shape index (κ2) is 6.59. The maximum absolute atomic E-state index is 11.7. The highest BCUT2D eigenvalue weighted by Crippen LogP contribution is 2.18. The second-order valence-electron chi connectivity index (χ2n) is 4.97. The predicted molar refractivity (Wildman–Crippen MR) is 76.4 cm³/mol. The zero-order chi connectivity index (χ0) is 15.3. The number of sulfone groups is 1. The fourth-order valence-electron chi connectivity index (χ4n) is 2.17. The summed E-state index contributed by atoms with van der Waals surface area (Å²) in [7, 11) is -2.93. The smallest absolute Gasteiger partial charge is 0.257 e. The number of carbonyl (C=O) groups is 1. The van der Waals surface area contributed by atoms with Crippen LogP contribution in [0, 0.1) is 17.2 Å². The first-order valence-electron chi connectivity index (χ1n) is 6.59. The number of nitrogens with zero attached hydrogens (tertiary/aromatic N) is 1. The standard InChI is InChI=1S/C14H16N2O4S/c15-7-12-3-1-2-4-13(12)20-9-14(17)16-8-11-5-6-21(18,19)10-11/h1-4,11H,5-6,8-10H2,(H,16,17). The molecule has 1 fully saturated rings. The molecule has 21 heavy (non-hydrogen) atoms. The monoisotopic (exact) mass is 308 g/mol. The van der Waals surface area contributed by atoms with E-state index in [-0.39, 0.29) is 29.9 Å². The summed E-state index contributed by atoms with van der Waals surface area (Å²) >= 11 is 0. The maximum atomic E-state index is 11.7. The number of hydrogen-bond donors (Lipinski definition) is 1. The van der Waals surface area contributed by atoms with Crippen LogP contribution >= 0.6 is 0 Å². The van der Waals surface area contributed by atoms with E-state index < -0.39 is 9.84 Å². The fraction of sp³-hybridized carbons (Fsp3) is 0.429. The molecule has 1 aliphatic heterocycles. The van der Waals surface area contributed by atoms with E-state index in [2.05, 4.69) is 5.32 Å². The summed E-state index contributed by atoms with van der Waals surface area (Å²) in [5.74, 6) is 0.335. The molecule has 0 spiro atoms. The lowest BCUT2D eigenvalue weighted by molar-refractivity contribution is -0.123. The van der Waals surface area contributed by atoms with Crippen molar-refractivity contribution in [3.8, 4) is 11.8 Å². The van der Waals surface area contributed by atoms with Gasteiger partial charge in [0.1, 0.15) is 11.8 Å². The van der Waals surface area contributed by atoms with E-state index in [4.69, 9.17) is 10.00 Å². The zero-order valence-corrected chi connectivity index (χ0v) is 12.2. The zero-order valence-electron chi connectivity index (χ0n) is 11.4. The minimum Gasteiger partial charge on any atom is -0.482 e. The van der Waals surface area contributed by atoms with Crippen LogP contribution in [0.2, 0.25) is 0 Å². The average molecular weight is 308 g/mol. The molecule has 1 atom stereocenters. The normalized spacial score (nSPS) is 19.7. The molecule has 1 amide bonds. The average Bonchev–Trinajstić information content (AvgIpc) is 2.82. The van der Waals surface area contributed by atoms with Crippen molar-refractivity contribution in [1.82, 2.24) is 5.32 Å². The van der Waals surface area contributed by atoms with E-state index in [1.807, 2.05) is 6.07 Å². The third-order valence-corrected chi connectivity index (χ3v) is 5.12. The second-order valence-corrected chi connectivity index (χ2v) is 7.20. The first kappa shape index (κ1) is 15.3. The van der Waals surface area contributed by atoms with Gasteiger partial charge >= 0.3 is 0 Å². The number of benzene rings is 1. The van der Waals surface area contributed by atoms with Gasteiger partial charge in [-0.05, 0) is 24.5 Å². The molecule has 1 N–H and O–H groups in total. The number of carbonyl (C=O) groups excluding carboxylic acids is 1. The Kier molecular flexibility index (Phi) is 4.81. The lowest BCUT2D eigenvalue weighted by atomic mass is 10.1. The number of ether oxygens (including phenoxy) is 1. The Morgan fingerprint density at radius 2 is 2.19 bits per heavy atom. The number of hydrogen-bond acceptors (Lipinski definition) is 5. The van der Waals surface area contributed by atoms with Gasteiger partial charge in [-0.15, -0.1) is 0 Å². The number of nitriles is 1. The van der Waals surface area contributed by atoms with Gasteiger partial charge < -0.3 is 10.1 Å². The van der Waals surface area contributed by atoms with Crippen molar-refractivity contribution in [2.75, 3.05) is 24.7 Å². The SMILES string of the molecule is N#Cc1ccccc1OCC(=O)NCC1CCS(=O)(=O)C1. The number of amides is 1. The van der Waals surface area contributed by atoms with Crippen molar-refractivity contribution in [3.63, 3.8) is 0 Å². The molecule has 0 bridgehead atoms. The summed E-state index contributed by atoms with van der Waals surface area (Å²) in [6.07, 6.45) is 0.584. The highest BCUT2D eigenvalue weighted by Gasteiger charge is 2.27. The van der Waals surface area contributed by atoms with Gasteiger partial charge in [-0.25, -0.2) is 8.42 Å². The molecule has 0 saturated carbocycles. The number of rotatable bonds is 5. The van der Waals surface area contributed by atoms with E-state index >= 15 is 0 Å². The molecule has 6 nitrogen and oxygen atoms in total. The van der Waals surface area contributed by atoms with Crippen molar-refractivity contribution < 1.29 is 17.9 Å². The Balaban J connectivity index is 1.77. The van der Waals surface area contributed by atoms with Crippen LogP contribution in [0.25, 0.3) is 0 Å². The van der Waals surface area contributed by atoms with E-state index in [0.29, 0.717) is 24.3 Å². The molecule has 0 aromatic heterocycles. The van der Waals surface area contributed by atoms with Crippen LogP contribution in [0.1, 0.15) is 12.0 Å². The van der Waals surface area contributed by atoms with Crippen LogP contribution in [0.15, 0.2) is 24.3 Å². The Hall–Kier alpha value is -2.07. The van der Waals surface area contributed by atoms with E-state index in [9.17, 15) is 13.2 Å². The summed E-state index contributed by atoms with van der Waals surface area (Å²) in [6.45, 7) is 0.138. The van der Waals surface area contributed by atoms with E-state index in [1.54, 1.807) is 24.3 Å². The van der Waals surface area contributed by atoms with Gasteiger partial charge in [0.25, 0.3) is 5.91 Å².